The molecule has 0 saturated heterocycles. The number of carboxylic acids is 1. The van der Waals surface area contributed by atoms with Gasteiger partial charge in [0.2, 0.25) is 5.91 Å². The summed E-state index contributed by atoms with van der Waals surface area (Å²) in [5, 5.41) is 10.1. The van der Waals surface area contributed by atoms with Crippen LogP contribution in [-0.2, 0) is 14.4 Å². The summed E-state index contributed by atoms with van der Waals surface area (Å²) in [6.07, 6.45) is 7.54. The first-order valence-electron chi connectivity index (χ1n) is 11.7. The number of nitrogens with one attached hydrogen (secondary N) is 1. The van der Waals surface area contributed by atoms with Crippen molar-refractivity contribution in [3.05, 3.63) is 83.9 Å². The van der Waals surface area contributed by atoms with Gasteiger partial charge in [0.05, 0.1) is 0 Å². The second-order valence-electron chi connectivity index (χ2n) is 7.41. The second kappa shape index (κ2) is 19.0. The molecule has 0 atom stereocenters. The summed E-state index contributed by atoms with van der Waals surface area (Å²) in [6, 6.07) is 20.7. The van der Waals surface area contributed by atoms with Crippen molar-refractivity contribution < 1.29 is 19.5 Å². The third kappa shape index (κ3) is 14.6. The minimum Gasteiger partial charge on any atom is -0.480 e. The van der Waals surface area contributed by atoms with Gasteiger partial charge < -0.3 is 10.4 Å². The van der Waals surface area contributed by atoms with Crippen LogP contribution < -0.4 is 5.32 Å². The van der Waals surface area contributed by atoms with Crippen LogP contribution in [0.1, 0.15) is 71.4 Å². The third-order valence-electron chi connectivity index (χ3n) is 4.92. The lowest BCUT2D eigenvalue weighted by Crippen LogP contribution is -2.26. The second-order valence-corrected chi connectivity index (χ2v) is 7.41. The number of amides is 1. The van der Waals surface area contributed by atoms with Crippen molar-refractivity contribution in [1.82, 2.24) is 5.32 Å². The molecule has 184 valence electrons. The number of allylic oxidation sites excluding steroid dienone is 4. The molecule has 0 heterocycles. The van der Waals surface area contributed by atoms with E-state index in [0.29, 0.717) is 18.6 Å². The minimum atomic E-state index is -1.03. The first kappa shape index (κ1) is 30.5. The molecule has 0 fully saturated rings. The summed E-state index contributed by atoms with van der Waals surface area (Å²) < 4.78 is 0. The number of hydrogen-bond acceptors (Lipinski definition) is 3. The Balaban J connectivity index is 0.000000507. The molecule has 0 saturated carbocycles. The molecule has 34 heavy (non-hydrogen) atoms. The maximum Gasteiger partial charge on any atom is 0.322 e. The lowest BCUT2D eigenvalue weighted by molar-refractivity contribution is -0.137. The number of Topliss-reactive ketones (excluding diaryl/α,β-unsaturated/α-hetero) is 1. The zero-order valence-electron chi connectivity index (χ0n) is 21.1. The van der Waals surface area contributed by atoms with E-state index in [2.05, 4.69) is 67.7 Å². The molecule has 0 aromatic heterocycles. The van der Waals surface area contributed by atoms with E-state index in [-0.39, 0.29) is 12.5 Å². The SMILES string of the molecule is C/C=C(/CC)c1ccccc1.C/C=C(/CCC(=O)CC)c1ccccc1.CC(=O)NCC(=O)O. The lowest BCUT2D eigenvalue weighted by atomic mass is 9.99. The molecular weight excluding hydrogens is 426 g/mol. The van der Waals surface area contributed by atoms with Crippen molar-refractivity contribution in [2.24, 2.45) is 0 Å². The summed E-state index contributed by atoms with van der Waals surface area (Å²) in [6.45, 7) is 9.19. The van der Waals surface area contributed by atoms with E-state index in [9.17, 15) is 14.4 Å². The zero-order chi connectivity index (χ0) is 25.8. The van der Waals surface area contributed by atoms with Gasteiger partial charge in [-0.1, -0.05) is 86.7 Å². The highest BCUT2D eigenvalue weighted by Crippen LogP contribution is 2.19. The van der Waals surface area contributed by atoms with Crippen LogP contribution in [0.3, 0.4) is 0 Å². The Kier molecular flexibility index (Phi) is 17.1. The monoisotopic (exact) mass is 465 g/mol. The summed E-state index contributed by atoms with van der Waals surface area (Å²) in [5.74, 6) is -1.02. The Labute approximate surface area is 204 Å². The predicted octanol–water partition coefficient (Wildman–Crippen LogP) is 6.56. The number of rotatable bonds is 9. The van der Waals surface area contributed by atoms with Gasteiger partial charge in [0.1, 0.15) is 12.3 Å². The smallest absolute Gasteiger partial charge is 0.322 e. The van der Waals surface area contributed by atoms with Crippen molar-refractivity contribution in [3.8, 4) is 0 Å². The van der Waals surface area contributed by atoms with E-state index in [1.807, 2.05) is 38.1 Å². The van der Waals surface area contributed by atoms with Gasteiger partial charge in [-0.15, -0.1) is 0 Å². The van der Waals surface area contributed by atoms with Crippen LogP contribution in [0.25, 0.3) is 11.1 Å². The fourth-order valence-corrected chi connectivity index (χ4v) is 2.99. The van der Waals surface area contributed by atoms with Crippen LogP contribution in [0.2, 0.25) is 0 Å². The molecule has 0 aliphatic heterocycles. The molecular formula is C29H39NO4. The number of hydrogen-bond donors (Lipinski definition) is 2. The van der Waals surface area contributed by atoms with E-state index in [0.717, 1.165) is 12.8 Å². The summed E-state index contributed by atoms with van der Waals surface area (Å²) >= 11 is 0. The van der Waals surface area contributed by atoms with Crippen LogP contribution >= 0.6 is 0 Å². The molecule has 0 aliphatic carbocycles. The normalized spacial score (nSPS) is 10.7. The number of ketones is 1. The van der Waals surface area contributed by atoms with Crippen molar-refractivity contribution in [3.63, 3.8) is 0 Å². The quantitative estimate of drug-likeness (QED) is 0.439. The predicted molar refractivity (Wildman–Crippen MR) is 141 cm³/mol. The molecule has 5 heteroatoms. The highest BCUT2D eigenvalue weighted by atomic mass is 16.4. The maximum absolute atomic E-state index is 11.2. The van der Waals surface area contributed by atoms with E-state index >= 15 is 0 Å². The van der Waals surface area contributed by atoms with Crippen LogP contribution in [0.15, 0.2) is 72.8 Å². The van der Waals surface area contributed by atoms with E-state index in [4.69, 9.17) is 5.11 Å². The van der Waals surface area contributed by atoms with Crippen molar-refractivity contribution in [2.45, 2.75) is 60.3 Å². The highest BCUT2D eigenvalue weighted by Gasteiger charge is 2.03. The summed E-state index contributed by atoms with van der Waals surface area (Å²) in [5.41, 5.74) is 5.25. The Morgan fingerprint density at radius 3 is 1.56 bits per heavy atom. The Morgan fingerprint density at radius 2 is 1.24 bits per heavy atom. The van der Waals surface area contributed by atoms with Crippen LogP contribution in [0.5, 0.6) is 0 Å². The van der Waals surface area contributed by atoms with E-state index in [1.165, 1.54) is 29.2 Å². The number of carbonyl (C=O) groups excluding carboxylic acids is 2. The molecule has 2 rings (SSSR count). The van der Waals surface area contributed by atoms with Crippen LogP contribution in [0.4, 0.5) is 0 Å². The van der Waals surface area contributed by atoms with E-state index in [1.54, 1.807) is 0 Å². The van der Waals surface area contributed by atoms with Crippen molar-refractivity contribution in [1.29, 1.82) is 0 Å². The molecule has 0 bridgehead atoms. The summed E-state index contributed by atoms with van der Waals surface area (Å²) in [4.78, 5) is 30.9. The Bertz CT molecular complexity index is 902. The zero-order valence-corrected chi connectivity index (χ0v) is 21.1. The number of benzene rings is 2. The van der Waals surface area contributed by atoms with Crippen molar-refractivity contribution in [2.75, 3.05) is 6.54 Å². The molecule has 5 nitrogen and oxygen atoms in total. The van der Waals surface area contributed by atoms with Gasteiger partial charge in [0, 0.05) is 19.8 Å². The Morgan fingerprint density at radius 1 is 0.765 bits per heavy atom. The number of aliphatic carboxylic acids is 1. The van der Waals surface area contributed by atoms with Gasteiger partial charge in [-0.05, 0) is 49.0 Å². The van der Waals surface area contributed by atoms with Gasteiger partial charge in [0.25, 0.3) is 0 Å². The van der Waals surface area contributed by atoms with Gasteiger partial charge in [-0.25, -0.2) is 0 Å². The Hall–Kier alpha value is -3.47. The molecule has 2 aromatic rings. The summed E-state index contributed by atoms with van der Waals surface area (Å²) in [7, 11) is 0. The van der Waals surface area contributed by atoms with E-state index < -0.39 is 5.97 Å². The van der Waals surface area contributed by atoms with Gasteiger partial charge in [-0.2, -0.15) is 0 Å². The molecule has 0 unspecified atom stereocenters. The molecule has 0 spiro atoms. The van der Waals surface area contributed by atoms with Gasteiger partial charge in [-0.3, -0.25) is 14.4 Å². The fourth-order valence-electron chi connectivity index (χ4n) is 2.99. The van der Waals surface area contributed by atoms with Gasteiger partial charge in [0.15, 0.2) is 0 Å². The largest absolute Gasteiger partial charge is 0.480 e. The van der Waals surface area contributed by atoms with Crippen LogP contribution in [-0.4, -0.2) is 29.3 Å². The average Bonchev–Trinajstić information content (AvgIpc) is 2.86. The number of carboxylic acid groups (broad SMARTS) is 1. The molecule has 2 aromatic carbocycles. The molecule has 0 radical (unpaired) electrons. The maximum atomic E-state index is 11.2. The molecule has 1 amide bonds. The highest BCUT2D eigenvalue weighted by molar-refractivity contribution is 5.80. The first-order valence-corrected chi connectivity index (χ1v) is 11.7. The first-order chi connectivity index (χ1) is 16.3. The lowest BCUT2D eigenvalue weighted by Gasteiger charge is -2.06. The molecule has 0 aliphatic rings. The molecule has 2 N–H and O–H groups in total. The van der Waals surface area contributed by atoms with Crippen LogP contribution in [0, 0.1) is 0 Å². The number of carbonyl (C=O) groups is 3. The standard InChI is InChI=1S/C14H18O.C11H14.C4H7NO3/c1-3-12(10-11-14(15)4-2)13-8-6-5-7-9-13;1-3-10(4-2)11-8-6-5-7-9-11;1-3(6)5-2-4(7)8/h3,5-9H,4,10-11H2,1-2H3;3,5-9H,4H2,1-2H3;2H2,1H3,(H,5,6)(H,7,8)/b12-3-;10-3-;. The van der Waals surface area contributed by atoms with Crippen molar-refractivity contribution >= 4 is 28.8 Å². The average molecular weight is 466 g/mol. The topological polar surface area (TPSA) is 83.5 Å². The minimum absolute atomic E-state index is 0.296. The fraction of sp³-hybridized carbons (Fsp3) is 0.345. The van der Waals surface area contributed by atoms with Gasteiger partial charge >= 0.3 is 5.97 Å². The third-order valence-corrected chi connectivity index (χ3v) is 4.92.